The highest BCUT2D eigenvalue weighted by Gasteiger charge is 2.29. The fraction of sp³-hybridized carbons (Fsp3) is 0.273. The van der Waals surface area contributed by atoms with E-state index in [1.165, 1.54) is 6.07 Å². The first kappa shape index (κ1) is 26.1. The van der Waals surface area contributed by atoms with Crippen LogP contribution in [0.4, 0.5) is 4.39 Å². The summed E-state index contributed by atoms with van der Waals surface area (Å²) in [6.45, 7) is 5.62. The predicted molar refractivity (Wildman–Crippen MR) is 159 cm³/mol. The van der Waals surface area contributed by atoms with Crippen molar-refractivity contribution in [3.8, 4) is 11.3 Å². The number of hydrogen-bond donors (Lipinski definition) is 0. The minimum atomic E-state index is -0.241. The number of imidazole rings is 1. The fourth-order valence-corrected chi connectivity index (χ4v) is 6.31. The molecule has 7 rings (SSSR count). The van der Waals surface area contributed by atoms with E-state index in [1.807, 2.05) is 72.9 Å². The van der Waals surface area contributed by atoms with E-state index in [9.17, 15) is 9.18 Å². The molecule has 0 atom stereocenters. The minimum Gasteiger partial charge on any atom is -0.361 e. The molecule has 0 N–H and O–H groups in total. The number of carbonyl (C=O) groups is 1. The molecule has 8 nitrogen and oxygen atoms in total. The Morgan fingerprint density at radius 1 is 1.00 bits per heavy atom. The van der Waals surface area contributed by atoms with E-state index < -0.39 is 0 Å². The van der Waals surface area contributed by atoms with E-state index in [1.54, 1.807) is 12.1 Å². The van der Waals surface area contributed by atoms with Crippen LogP contribution in [0.15, 0.2) is 71.3 Å². The van der Waals surface area contributed by atoms with Gasteiger partial charge in [-0.25, -0.2) is 9.37 Å². The second-order valence-corrected chi connectivity index (χ2v) is 11.1. The van der Waals surface area contributed by atoms with Gasteiger partial charge in [-0.15, -0.1) is 0 Å². The van der Waals surface area contributed by atoms with E-state index in [-0.39, 0.29) is 17.6 Å². The topological polar surface area (TPSA) is 82.0 Å². The van der Waals surface area contributed by atoms with Crippen molar-refractivity contribution in [3.05, 3.63) is 101 Å². The Morgan fingerprint density at radius 3 is 2.57 bits per heavy atom. The lowest BCUT2D eigenvalue weighted by atomic mass is 9.95. The Bertz CT molecular complexity index is 1940. The zero-order valence-corrected chi connectivity index (χ0v) is 23.8. The van der Waals surface area contributed by atoms with Crippen molar-refractivity contribution >= 4 is 27.8 Å². The maximum absolute atomic E-state index is 14.0. The van der Waals surface area contributed by atoms with E-state index in [0.29, 0.717) is 25.2 Å². The normalized spacial score (nSPS) is 14.3. The molecule has 3 aromatic heterocycles. The van der Waals surface area contributed by atoms with Crippen molar-refractivity contribution in [1.82, 2.24) is 29.4 Å². The van der Waals surface area contributed by atoms with Gasteiger partial charge in [0.25, 0.3) is 5.91 Å². The number of amides is 1. The first-order chi connectivity index (χ1) is 20.4. The average Bonchev–Trinajstić information content (AvgIpc) is 3.64. The number of aryl methyl sites for hydroxylation is 3. The Morgan fingerprint density at radius 2 is 1.81 bits per heavy atom. The monoisotopic (exact) mass is 562 g/mol. The number of piperidine rings is 1. The van der Waals surface area contributed by atoms with Gasteiger partial charge < -0.3 is 14.0 Å². The summed E-state index contributed by atoms with van der Waals surface area (Å²) in [7, 11) is 1.89. The third-order valence-electron chi connectivity index (χ3n) is 8.43. The quantitative estimate of drug-likeness (QED) is 0.243. The van der Waals surface area contributed by atoms with Crippen molar-refractivity contribution < 1.29 is 13.7 Å². The number of hydrogen-bond acceptors (Lipinski definition) is 5. The number of likely N-dealkylation sites (tertiary alicyclic amines) is 1. The lowest BCUT2D eigenvalue weighted by Gasteiger charge is -2.32. The van der Waals surface area contributed by atoms with Crippen LogP contribution in [0, 0.1) is 19.7 Å². The largest absolute Gasteiger partial charge is 0.361 e. The maximum atomic E-state index is 14.0. The molecule has 0 radical (unpaired) electrons. The van der Waals surface area contributed by atoms with E-state index in [2.05, 4.69) is 15.8 Å². The van der Waals surface area contributed by atoms with Crippen LogP contribution in [-0.4, -0.2) is 48.4 Å². The molecule has 0 saturated carbocycles. The Kier molecular flexibility index (Phi) is 6.37. The molecule has 212 valence electrons. The van der Waals surface area contributed by atoms with Gasteiger partial charge >= 0.3 is 0 Å². The molecule has 1 aliphatic heterocycles. The molecule has 3 aromatic carbocycles. The first-order valence-corrected chi connectivity index (χ1v) is 14.3. The lowest BCUT2D eigenvalue weighted by molar-refractivity contribution is 0.0710. The molecule has 0 spiro atoms. The van der Waals surface area contributed by atoms with Crippen LogP contribution in [0.2, 0.25) is 0 Å². The molecule has 1 fully saturated rings. The second-order valence-electron chi connectivity index (χ2n) is 11.1. The molecule has 1 aliphatic rings. The zero-order valence-electron chi connectivity index (χ0n) is 23.8. The van der Waals surface area contributed by atoms with Crippen molar-refractivity contribution in [3.63, 3.8) is 0 Å². The molecule has 9 heteroatoms. The molecule has 1 saturated heterocycles. The highest BCUT2D eigenvalue weighted by atomic mass is 19.1. The molecule has 0 unspecified atom stereocenters. The summed E-state index contributed by atoms with van der Waals surface area (Å²) >= 11 is 0. The SMILES string of the molecule is Cc1noc(C)c1-c1nn(C)c2cc(C(=O)N3CCC(c4nc5ccccc5n4Cc4cccc(F)c4)CC3)ccc12. The molecular formula is C33H31FN6O2. The second kappa shape index (κ2) is 10.2. The molecular weight excluding hydrogens is 531 g/mol. The van der Waals surface area contributed by atoms with Gasteiger partial charge in [0.1, 0.15) is 23.1 Å². The smallest absolute Gasteiger partial charge is 0.253 e. The Hall–Kier alpha value is -4.79. The van der Waals surface area contributed by atoms with Crippen LogP contribution in [0.25, 0.3) is 33.2 Å². The summed E-state index contributed by atoms with van der Waals surface area (Å²) in [5, 5.41) is 9.77. The van der Waals surface area contributed by atoms with Crippen LogP contribution in [0.1, 0.15) is 52.0 Å². The molecule has 0 bridgehead atoms. The number of rotatable bonds is 5. The summed E-state index contributed by atoms with van der Waals surface area (Å²) in [6.07, 6.45) is 1.62. The minimum absolute atomic E-state index is 0.0173. The van der Waals surface area contributed by atoms with E-state index in [0.717, 1.165) is 68.9 Å². The summed E-state index contributed by atoms with van der Waals surface area (Å²) < 4.78 is 23.3. The van der Waals surface area contributed by atoms with Gasteiger partial charge in [0.15, 0.2) is 0 Å². The van der Waals surface area contributed by atoms with Gasteiger partial charge in [-0.1, -0.05) is 29.4 Å². The van der Waals surface area contributed by atoms with Gasteiger partial charge in [-0.2, -0.15) is 5.10 Å². The molecule has 4 heterocycles. The number of fused-ring (bicyclic) bond motifs is 2. The third-order valence-corrected chi connectivity index (χ3v) is 8.43. The van der Waals surface area contributed by atoms with Crippen LogP contribution in [0.3, 0.4) is 0 Å². The highest BCUT2D eigenvalue weighted by molar-refractivity contribution is 6.01. The van der Waals surface area contributed by atoms with E-state index >= 15 is 0 Å². The Labute approximate surface area is 242 Å². The number of halogens is 1. The highest BCUT2D eigenvalue weighted by Crippen LogP contribution is 2.34. The molecule has 0 aliphatic carbocycles. The van der Waals surface area contributed by atoms with Gasteiger partial charge in [0.2, 0.25) is 0 Å². The zero-order chi connectivity index (χ0) is 29.0. The van der Waals surface area contributed by atoms with E-state index in [4.69, 9.17) is 14.6 Å². The van der Waals surface area contributed by atoms with Crippen molar-refractivity contribution in [2.75, 3.05) is 13.1 Å². The summed E-state index contributed by atoms with van der Waals surface area (Å²) in [6, 6.07) is 20.6. The van der Waals surface area contributed by atoms with Crippen LogP contribution in [0.5, 0.6) is 0 Å². The van der Waals surface area contributed by atoms with Crippen molar-refractivity contribution in [1.29, 1.82) is 0 Å². The van der Waals surface area contributed by atoms with Crippen LogP contribution >= 0.6 is 0 Å². The fourth-order valence-electron chi connectivity index (χ4n) is 6.31. The molecule has 42 heavy (non-hydrogen) atoms. The predicted octanol–water partition coefficient (Wildman–Crippen LogP) is 6.40. The number of para-hydroxylation sites is 2. The van der Waals surface area contributed by atoms with Gasteiger partial charge in [-0.05, 0) is 74.7 Å². The number of carbonyl (C=O) groups excluding carboxylic acids is 1. The van der Waals surface area contributed by atoms with Crippen molar-refractivity contribution in [2.24, 2.45) is 7.05 Å². The van der Waals surface area contributed by atoms with Crippen molar-refractivity contribution in [2.45, 2.75) is 39.2 Å². The Balaban J connectivity index is 1.12. The summed E-state index contributed by atoms with van der Waals surface area (Å²) in [5.41, 5.74) is 6.90. The number of benzene rings is 3. The number of nitrogens with zero attached hydrogens (tertiary/aromatic N) is 6. The lowest BCUT2D eigenvalue weighted by Crippen LogP contribution is -2.38. The van der Waals surface area contributed by atoms with Crippen LogP contribution < -0.4 is 0 Å². The van der Waals surface area contributed by atoms with Gasteiger partial charge in [-0.3, -0.25) is 9.48 Å². The summed E-state index contributed by atoms with van der Waals surface area (Å²) in [4.78, 5) is 20.6. The van der Waals surface area contributed by atoms with Crippen LogP contribution in [-0.2, 0) is 13.6 Å². The third kappa shape index (κ3) is 4.45. The first-order valence-electron chi connectivity index (χ1n) is 14.3. The molecule has 6 aromatic rings. The van der Waals surface area contributed by atoms with Gasteiger partial charge in [0, 0.05) is 43.5 Å². The standard InChI is InChI=1S/C33H31FN6O2/c1-20-30(21(2)42-37-20)31-26-12-11-24(18-29(26)38(3)36-31)33(41)39-15-13-23(14-16-39)32-35-27-9-4-5-10-28(27)40(32)19-22-7-6-8-25(34)17-22/h4-12,17-18,23H,13-16,19H2,1-3H3. The maximum Gasteiger partial charge on any atom is 0.253 e. The number of aromatic nitrogens is 5. The summed E-state index contributed by atoms with van der Waals surface area (Å²) in [5.74, 6) is 1.70. The average molecular weight is 563 g/mol. The van der Waals surface area contributed by atoms with Gasteiger partial charge in [0.05, 0.1) is 27.8 Å². The molecule has 1 amide bonds.